The van der Waals surface area contributed by atoms with Crippen molar-refractivity contribution in [2.45, 2.75) is 65.2 Å². The number of carbonyl (C=O) groups excluding carboxylic acids is 1. The van der Waals surface area contributed by atoms with Crippen LogP contribution in [0.15, 0.2) is 12.2 Å². The minimum atomic E-state index is -0.0586. The molecule has 0 aromatic heterocycles. The predicted molar refractivity (Wildman–Crippen MR) is 68.4 cm³/mol. The first-order valence-electron chi connectivity index (χ1n) is 6.46. The maximum atomic E-state index is 11.3. The third-order valence-corrected chi connectivity index (χ3v) is 2.53. The van der Waals surface area contributed by atoms with Crippen LogP contribution in [0.2, 0.25) is 0 Å². The molecule has 0 aliphatic carbocycles. The Bertz CT molecular complexity index is 197. The maximum absolute atomic E-state index is 11.3. The van der Waals surface area contributed by atoms with Crippen molar-refractivity contribution in [1.29, 1.82) is 0 Å². The van der Waals surface area contributed by atoms with Gasteiger partial charge in [-0.05, 0) is 13.3 Å². The Morgan fingerprint density at radius 1 is 1.06 bits per heavy atom. The van der Waals surface area contributed by atoms with E-state index in [2.05, 4.69) is 13.5 Å². The van der Waals surface area contributed by atoms with Gasteiger partial charge in [0.15, 0.2) is 0 Å². The van der Waals surface area contributed by atoms with Crippen LogP contribution < -0.4 is 0 Å². The van der Waals surface area contributed by atoms with Crippen LogP contribution in [-0.2, 0) is 9.53 Å². The number of carbonyl (C=O) groups is 1. The van der Waals surface area contributed by atoms with Crippen LogP contribution in [0.3, 0.4) is 0 Å². The largest absolute Gasteiger partial charge is 0.465 e. The second kappa shape index (κ2) is 10.7. The second-order valence-corrected chi connectivity index (χ2v) is 4.45. The highest BCUT2D eigenvalue weighted by atomic mass is 16.5. The first-order valence-corrected chi connectivity index (χ1v) is 6.46. The highest BCUT2D eigenvalue weighted by Crippen LogP contribution is 2.07. The lowest BCUT2D eigenvalue weighted by molar-refractivity contribution is -0.143. The Balaban J connectivity index is 3.20. The molecule has 0 aromatic carbocycles. The lowest BCUT2D eigenvalue weighted by Crippen LogP contribution is -2.05. The van der Waals surface area contributed by atoms with Crippen LogP contribution >= 0.6 is 0 Å². The average Bonchev–Trinajstić information content (AvgIpc) is 2.22. The standard InChI is InChI=1S/C14H26O2/c1-4-5-6-7-8-9-10-14(15)16-12-11-13(2)3/h2,4-12H2,1,3H3. The molecule has 0 amide bonds. The molecule has 0 spiro atoms. The topological polar surface area (TPSA) is 26.3 Å². The number of unbranched alkanes of at least 4 members (excludes halogenated alkanes) is 5. The smallest absolute Gasteiger partial charge is 0.305 e. The van der Waals surface area contributed by atoms with E-state index in [1.165, 1.54) is 25.7 Å². The molecule has 0 N–H and O–H groups in total. The molecule has 0 saturated heterocycles. The van der Waals surface area contributed by atoms with Crippen molar-refractivity contribution in [2.24, 2.45) is 0 Å². The van der Waals surface area contributed by atoms with E-state index >= 15 is 0 Å². The second-order valence-electron chi connectivity index (χ2n) is 4.45. The highest BCUT2D eigenvalue weighted by molar-refractivity contribution is 5.69. The van der Waals surface area contributed by atoms with Crippen LogP contribution in [0, 0.1) is 0 Å². The normalized spacial score (nSPS) is 10.1. The van der Waals surface area contributed by atoms with Crippen LogP contribution in [0.1, 0.15) is 65.2 Å². The van der Waals surface area contributed by atoms with Crippen molar-refractivity contribution < 1.29 is 9.53 Å². The molecule has 0 radical (unpaired) electrons. The summed E-state index contributed by atoms with van der Waals surface area (Å²) in [6.07, 6.45) is 8.58. The van der Waals surface area contributed by atoms with E-state index in [0.717, 1.165) is 24.8 Å². The van der Waals surface area contributed by atoms with Gasteiger partial charge in [0.25, 0.3) is 0 Å². The summed E-state index contributed by atoms with van der Waals surface area (Å²) in [4.78, 5) is 11.3. The van der Waals surface area contributed by atoms with Gasteiger partial charge in [0.2, 0.25) is 0 Å². The summed E-state index contributed by atoms with van der Waals surface area (Å²) in [5.74, 6) is -0.0586. The molecule has 0 rings (SSSR count). The predicted octanol–water partition coefficient (Wildman–Crippen LogP) is 4.25. The molecule has 0 aliphatic heterocycles. The molecule has 94 valence electrons. The molecule has 0 bridgehead atoms. The third-order valence-electron chi connectivity index (χ3n) is 2.53. The van der Waals surface area contributed by atoms with Gasteiger partial charge < -0.3 is 4.74 Å². The van der Waals surface area contributed by atoms with Gasteiger partial charge in [-0.2, -0.15) is 0 Å². The molecule has 0 saturated carbocycles. The Morgan fingerprint density at radius 2 is 1.69 bits per heavy atom. The van der Waals surface area contributed by atoms with Crippen molar-refractivity contribution in [3.05, 3.63) is 12.2 Å². The molecular formula is C14H26O2. The monoisotopic (exact) mass is 226 g/mol. The van der Waals surface area contributed by atoms with Gasteiger partial charge in [0, 0.05) is 12.8 Å². The molecule has 2 heteroatoms. The number of rotatable bonds is 10. The molecule has 0 unspecified atom stereocenters. The van der Waals surface area contributed by atoms with E-state index in [0.29, 0.717) is 13.0 Å². The zero-order valence-electron chi connectivity index (χ0n) is 10.9. The lowest BCUT2D eigenvalue weighted by atomic mass is 10.1. The Kier molecular flexibility index (Phi) is 10.2. The van der Waals surface area contributed by atoms with Crippen molar-refractivity contribution in [3.63, 3.8) is 0 Å². The third kappa shape index (κ3) is 11.3. The zero-order chi connectivity index (χ0) is 12.2. The lowest BCUT2D eigenvalue weighted by Gasteiger charge is -2.04. The summed E-state index contributed by atoms with van der Waals surface area (Å²) in [5.41, 5.74) is 1.06. The highest BCUT2D eigenvalue weighted by Gasteiger charge is 2.01. The van der Waals surface area contributed by atoms with Crippen LogP contribution in [0.4, 0.5) is 0 Å². The van der Waals surface area contributed by atoms with Gasteiger partial charge in [0.05, 0.1) is 6.61 Å². The molecule has 0 fully saturated rings. The van der Waals surface area contributed by atoms with Gasteiger partial charge >= 0.3 is 5.97 Å². The molecule has 16 heavy (non-hydrogen) atoms. The fraction of sp³-hybridized carbons (Fsp3) is 0.786. The minimum absolute atomic E-state index is 0.0586. The minimum Gasteiger partial charge on any atom is -0.465 e. The summed E-state index contributed by atoms with van der Waals surface area (Å²) < 4.78 is 5.08. The van der Waals surface area contributed by atoms with Gasteiger partial charge in [-0.25, -0.2) is 0 Å². The number of esters is 1. The molecule has 0 heterocycles. The van der Waals surface area contributed by atoms with Crippen molar-refractivity contribution in [2.75, 3.05) is 6.61 Å². The fourth-order valence-electron chi connectivity index (χ4n) is 1.46. The van der Waals surface area contributed by atoms with Crippen molar-refractivity contribution in [3.8, 4) is 0 Å². The SMILES string of the molecule is C=C(C)CCOC(=O)CCCCCCCC. The summed E-state index contributed by atoms with van der Waals surface area (Å²) in [5, 5.41) is 0. The van der Waals surface area contributed by atoms with Gasteiger partial charge in [-0.3, -0.25) is 4.79 Å². The van der Waals surface area contributed by atoms with Crippen LogP contribution in [0.25, 0.3) is 0 Å². The maximum Gasteiger partial charge on any atom is 0.305 e. The number of ether oxygens (including phenoxy) is 1. The van der Waals surface area contributed by atoms with Crippen molar-refractivity contribution in [1.82, 2.24) is 0 Å². The van der Waals surface area contributed by atoms with E-state index in [-0.39, 0.29) is 5.97 Å². The molecule has 0 aromatic rings. The summed E-state index contributed by atoms with van der Waals surface area (Å²) >= 11 is 0. The van der Waals surface area contributed by atoms with E-state index in [9.17, 15) is 4.79 Å². The number of hydrogen-bond acceptors (Lipinski definition) is 2. The van der Waals surface area contributed by atoms with Crippen molar-refractivity contribution >= 4 is 5.97 Å². The quantitative estimate of drug-likeness (QED) is 0.316. The first-order chi connectivity index (χ1) is 7.66. The van der Waals surface area contributed by atoms with Crippen LogP contribution in [0.5, 0.6) is 0 Å². The van der Waals surface area contributed by atoms with Gasteiger partial charge in [0.1, 0.15) is 0 Å². The zero-order valence-corrected chi connectivity index (χ0v) is 10.9. The Morgan fingerprint density at radius 3 is 2.31 bits per heavy atom. The molecule has 2 nitrogen and oxygen atoms in total. The Labute approximate surface area is 100 Å². The van der Waals surface area contributed by atoms with Gasteiger partial charge in [-0.15, -0.1) is 6.58 Å². The van der Waals surface area contributed by atoms with E-state index in [1.54, 1.807) is 0 Å². The first kappa shape index (κ1) is 15.2. The fourth-order valence-corrected chi connectivity index (χ4v) is 1.46. The van der Waals surface area contributed by atoms with E-state index in [4.69, 9.17) is 4.74 Å². The average molecular weight is 226 g/mol. The molecule has 0 aliphatic rings. The van der Waals surface area contributed by atoms with E-state index in [1.807, 2.05) is 6.92 Å². The molecule has 0 atom stereocenters. The van der Waals surface area contributed by atoms with Crippen LogP contribution in [-0.4, -0.2) is 12.6 Å². The summed E-state index contributed by atoms with van der Waals surface area (Å²) in [7, 11) is 0. The molecular weight excluding hydrogens is 200 g/mol. The van der Waals surface area contributed by atoms with E-state index < -0.39 is 0 Å². The Hall–Kier alpha value is -0.790. The number of hydrogen-bond donors (Lipinski definition) is 0. The summed E-state index contributed by atoms with van der Waals surface area (Å²) in [6, 6.07) is 0. The summed E-state index contributed by atoms with van der Waals surface area (Å²) in [6.45, 7) is 8.41. The van der Waals surface area contributed by atoms with Gasteiger partial charge in [-0.1, -0.05) is 44.6 Å².